The van der Waals surface area contributed by atoms with Gasteiger partial charge in [-0.15, -0.1) is 11.3 Å². The van der Waals surface area contributed by atoms with Crippen molar-refractivity contribution in [3.8, 4) is 0 Å². The second kappa shape index (κ2) is 7.01. The third kappa shape index (κ3) is 5.29. The summed E-state index contributed by atoms with van der Waals surface area (Å²) in [6.07, 6.45) is 0.542. The van der Waals surface area contributed by atoms with Crippen molar-refractivity contribution in [2.24, 2.45) is 5.92 Å². The molecule has 1 heterocycles. The number of hydrogen-bond donors (Lipinski definition) is 3. The van der Waals surface area contributed by atoms with E-state index in [2.05, 4.69) is 10.3 Å². The van der Waals surface area contributed by atoms with Gasteiger partial charge >= 0.3 is 0 Å². The lowest BCUT2D eigenvalue weighted by Crippen LogP contribution is -2.33. The number of aryl methyl sites for hydroxylation is 1. The van der Waals surface area contributed by atoms with Gasteiger partial charge in [0.05, 0.1) is 12.5 Å². The van der Waals surface area contributed by atoms with Gasteiger partial charge in [-0.05, 0) is 31.5 Å². The molecule has 1 aromatic rings. The van der Waals surface area contributed by atoms with Crippen LogP contribution in [-0.2, 0) is 11.2 Å². The van der Waals surface area contributed by atoms with Crippen LogP contribution in [0.5, 0.6) is 0 Å². The molecule has 0 aliphatic carbocycles. The van der Waals surface area contributed by atoms with Crippen LogP contribution in [0.2, 0.25) is 0 Å². The van der Waals surface area contributed by atoms with Crippen LogP contribution in [0.1, 0.15) is 30.8 Å². The third-order valence-electron chi connectivity index (χ3n) is 2.52. The van der Waals surface area contributed by atoms with E-state index in [1.54, 1.807) is 0 Å². The molecule has 1 atom stereocenters. The van der Waals surface area contributed by atoms with E-state index in [4.69, 9.17) is 12.2 Å². The summed E-state index contributed by atoms with van der Waals surface area (Å²) >= 11 is 6.44. The van der Waals surface area contributed by atoms with Crippen LogP contribution in [0.25, 0.3) is 0 Å². The van der Waals surface area contributed by atoms with Crippen molar-refractivity contribution in [3.63, 3.8) is 0 Å². The van der Waals surface area contributed by atoms with Gasteiger partial charge in [-0.3, -0.25) is 4.79 Å². The average Bonchev–Trinajstić information content (AvgIpc) is 2.53. The predicted molar refractivity (Wildman–Crippen MR) is 76.4 cm³/mol. The molecule has 3 N–H and O–H groups in total. The number of carbonyl (C=O) groups is 1. The third-order valence-corrected chi connectivity index (χ3v) is 3.86. The molecule has 0 fully saturated rings. The molecule has 0 aromatic carbocycles. The number of amides is 1. The zero-order chi connectivity index (χ0) is 13.7. The minimum Gasteiger partial charge on any atom is -0.391 e. The molecule has 6 heteroatoms. The first-order chi connectivity index (χ1) is 8.38. The van der Waals surface area contributed by atoms with E-state index in [9.17, 15) is 9.90 Å². The van der Waals surface area contributed by atoms with E-state index in [-0.39, 0.29) is 5.91 Å². The van der Waals surface area contributed by atoms with E-state index in [0.29, 0.717) is 29.3 Å². The molecule has 102 valence electrons. The lowest BCUT2D eigenvalue weighted by atomic mass is 10.1. The predicted octanol–water partition coefficient (Wildman–Crippen LogP) is 2.18. The molecular formula is C12H20N2O2S2. The zero-order valence-corrected chi connectivity index (χ0v) is 12.6. The standard InChI is InChI=1S/C12H20N2O2S2/c1-7(2)4-9(15)6-13-11(16)5-10-8(3)14-12(17)18-10/h7,9,15H,4-6H2,1-3H3,(H,13,16)(H,14,17). The lowest BCUT2D eigenvalue weighted by molar-refractivity contribution is -0.120. The van der Waals surface area contributed by atoms with Gasteiger partial charge in [0.25, 0.3) is 0 Å². The molecule has 4 nitrogen and oxygen atoms in total. The number of thiazole rings is 1. The lowest BCUT2D eigenvalue weighted by Gasteiger charge is -2.13. The van der Waals surface area contributed by atoms with E-state index in [1.807, 2.05) is 20.8 Å². The minimum absolute atomic E-state index is 0.0776. The Morgan fingerprint density at radius 2 is 2.22 bits per heavy atom. The van der Waals surface area contributed by atoms with Crippen LogP contribution in [0.15, 0.2) is 0 Å². The molecule has 18 heavy (non-hydrogen) atoms. The Hall–Kier alpha value is -0.720. The number of nitrogens with one attached hydrogen (secondary N) is 2. The van der Waals surface area contributed by atoms with Crippen LogP contribution in [-0.4, -0.2) is 28.6 Å². The number of H-pyrrole nitrogens is 1. The van der Waals surface area contributed by atoms with Crippen molar-refractivity contribution in [2.45, 2.75) is 39.7 Å². The van der Waals surface area contributed by atoms with Crippen LogP contribution in [0, 0.1) is 16.8 Å². The summed E-state index contributed by atoms with van der Waals surface area (Å²) in [6, 6.07) is 0. The molecule has 0 aliphatic rings. The number of aliphatic hydroxyl groups excluding tert-OH is 1. The Bertz CT molecular complexity index is 451. The van der Waals surface area contributed by atoms with Gasteiger partial charge in [0, 0.05) is 17.1 Å². The Labute approximate surface area is 116 Å². The molecular weight excluding hydrogens is 268 g/mol. The fraction of sp³-hybridized carbons (Fsp3) is 0.667. The molecule has 0 aliphatic heterocycles. The highest BCUT2D eigenvalue weighted by molar-refractivity contribution is 7.73. The fourth-order valence-corrected chi connectivity index (χ4v) is 2.96. The summed E-state index contributed by atoms with van der Waals surface area (Å²) < 4.78 is 0.690. The van der Waals surface area contributed by atoms with Gasteiger partial charge in [-0.1, -0.05) is 13.8 Å². The normalized spacial score (nSPS) is 12.7. The van der Waals surface area contributed by atoms with E-state index in [0.717, 1.165) is 10.6 Å². The number of aromatic nitrogens is 1. The monoisotopic (exact) mass is 288 g/mol. The number of aromatic amines is 1. The average molecular weight is 288 g/mol. The molecule has 0 spiro atoms. The first-order valence-electron chi connectivity index (χ1n) is 6.01. The summed E-state index contributed by atoms with van der Waals surface area (Å²) in [5.74, 6) is 0.347. The van der Waals surface area contributed by atoms with E-state index >= 15 is 0 Å². The molecule has 0 radical (unpaired) electrons. The fourth-order valence-electron chi connectivity index (χ4n) is 1.67. The smallest absolute Gasteiger partial charge is 0.225 e. The quantitative estimate of drug-likeness (QED) is 0.703. The van der Waals surface area contributed by atoms with Crippen LogP contribution >= 0.6 is 23.6 Å². The van der Waals surface area contributed by atoms with Gasteiger partial charge in [0.2, 0.25) is 5.91 Å². The topological polar surface area (TPSA) is 65.1 Å². The molecule has 1 amide bonds. The van der Waals surface area contributed by atoms with Crippen molar-refractivity contribution >= 4 is 29.5 Å². The van der Waals surface area contributed by atoms with E-state index < -0.39 is 6.10 Å². The summed E-state index contributed by atoms with van der Waals surface area (Å²) in [5.41, 5.74) is 0.947. The van der Waals surface area contributed by atoms with Gasteiger partial charge in [0.1, 0.15) is 0 Å². The molecule has 1 aromatic heterocycles. The highest BCUT2D eigenvalue weighted by atomic mass is 32.1. The molecule has 0 saturated carbocycles. The summed E-state index contributed by atoms with van der Waals surface area (Å²) in [5, 5.41) is 12.4. The first-order valence-corrected chi connectivity index (χ1v) is 7.24. The second-order valence-corrected chi connectivity index (χ2v) is 6.60. The van der Waals surface area contributed by atoms with Gasteiger partial charge in [0.15, 0.2) is 3.95 Å². The van der Waals surface area contributed by atoms with Crippen LogP contribution < -0.4 is 5.32 Å². The Morgan fingerprint density at radius 1 is 1.56 bits per heavy atom. The highest BCUT2D eigenvalue weighted by Crippen LogP contribution is 2.14. The maximum atomic E-state index is 11.7. The zero-order valence-electron chi connectivity index (χ0n) is 10.9. The maximum absolute atomic E-state index is 11.7. The SMILES string of the molecule is Cc1[nH]c(=S)sc1CC(=O)NCC(O)CC(C)C. The molecule has 0 saturated heterocycles. The molecule has 1 unspecified atom stereocenters. The molecule has 0 bridgehead atoms. The number of hydrogen-bond acceptors (Lipinski definition) is 4. The highest BCUT2D eigenvalue weighted by Gasteiger charge is 2.11. The number of aliphatic hydroxyl groups is 1. The Kier molecular flexibility index (Phi) is 5.98. The summed E-state index contributed by atoms with van der Waals surface area (Å²) in [7, 11) is 0. The van der Waals surface area contributed by atoms with Gasteiger partial charge in [-0.25, -0.2) is 0 Å². The minimum atomic E-state index is -0.473. The molecule has 1 rings (SSSR count). The van der Waals surface area contributed by atoms with Crippen LogP contribution in [0.3, 0.4) is 0 Å². The van der Waals surface area contributed by atoms with Crippen molar-refractivity contribution in [1.29, 1.82) is 0 Å². The maximum Gasteiger partial charge on any atom is 0.225 e. The van der Waals surface area contributed by atoms with Gasteiger partial charge < -0.3 is 15.4 Å². The summed E-state index contributed by atoms with van der Waals surface area (Å²) in [4.78, 5) is 15.7. The largest absolute Gasteiger partial charge is 0.391 e. The first kappa shape index (κ1) is 15.3. The van der Waals surface area contributed by atoms with Crippen molar-refractivity contribution in [3.05, 3.63) is 14.5 Å². The Balaban J connectivity index is 2.38. The van der Waals surface area contributed by atoms with Gasteiger partial charge in [-0.2, -0.15) is 0 Å². The van der Waals surface area contributed by atoms with Crippen molar-refractivity contribution < 1.29 is 9.90 Å². The van der Waals surface area contributed by atoms with E-state index in [1.165, 1.54) is 11.3 Å². The second-order valence-electron chi connectivity index (χ2n) is 4.83. The number of rotatable bonds is 6. The van der Waals surface area contributed by atoms with Crippen LogP contribution in [0.4, 0.5) is 0 Å². The Morgan fingerprint density at radius 3 is 2.72 bits per heavy atom. The van der Waals surface area contributed by atoms with Crippen molar-refractivity contribution in [2.75, 3.05) is 6.54 Å². The number of carbonyl (C=O) groups excluding carboxylic acids is 1. The summed E-state index contributed by atoms with van der Waals surface area (Å²) in [6.45, 7) is 6.30. The van der Waals surface area contributed by atoms with Crippen molar-refractivity contribution in [1.82, 2.24) is 10.3 Å².